The first kappa shape index (κ1) is 13.5. The molecule has 0 aliphatic heterocycles. The molecule has 0 aliphatic carbocycles. The molecule has 0 saturated heterocycles. The lowest BCUT2D eigenvalue weighted by Gasteiger charge is -2.03. The molecular weight excluding hydrogens is 316 g/mol. The van der Waals surface area contributed by atoms with E-state index >= 15 is 0 Å². The molecule has 0 spiro atoms. The Labute approximate surface area is 118 Å². The Balaban J connectivity index is 2.18. The van der Waals surface area contributed by atoms with E-state index in [1.807, 2.05) is 18.4 Å². The SMILES string of the molecule is CSCC[C@@H](N)c1nc(-c2ncccc2Br)no1. The normalized spacial score (nSPS) is 12.6. The molecule has 0 aromatic carbocycles. The van der Waals surface area contributed by atoms with Gasteiger partial charge in [0.1, 0.15) is 5.69 Å². The minimum Gasteiger partial charge on any atom is -0.337 e. The quantitative estimate of drug-likeness (QED) is 0.909. The third-order valence-electron chi connectivity index (χ3n) is 2.36. The molecule has 2 aromatic rings. The topological polar surface area (TPSA) is 77.8 Å². The molecule has 2 aromatic heterocycles. The molecule has 0 fully saturated rings. The molecule has 0 saturated carbocycles. The van der Waals surface area contributed by atoms with Crippen molar-refractivity contribution in [3.05, 3.63) is 28.7 Å². The van der Waals surface area contributed by atoms with Crippen molar-refractivity contribution >= 4 is 27.7 Å². The van der Waals surface area contributed by atoms with Crippen LogP contribution in [0.1, 0.15) is 18.4 Å². The van der Waals surface area contributed by atoms with Gasteiger partial charge in [-0.2, -0.15) is 16.7 Å². The standard InChI is InChI=1S/C11H13BrN4OS/c1-18-6-4-8(13)11-15-10(16-17-11)9-7(12)3-2-5-14-9/h2-3,5,8H,4,6,13H2,1H3/t8-/m1/s1. The molecule has 0 amide bonds. The summed E-state index contributed by atoms with van der Waals surface area (Å²) < 4.78 is 6.01. The summed E-state index contributed by atoms with van der Waals surface area (Å²) in [5.41, 5.74) is 6.63. The van der Waals surface area contributed by atoms with Crippen LogP contribution in [0.15, 0.2) is 27.3 Å². The van der Waals surface area contributed by atoms with Gasteiger partial charge in [0, 0.05) is 10.7 Å². The Hall–Kier alpha value is -0.920. The highest BCUT2D eigenvalue weighted by molar-refractivity contribution is 9.10. The minimum absolute atomic E-state index is 0.221. The van der Waals surface area contributed by atoms with Gasteiger partial charge < -0.3 is 10.3 Å². The van der Waals surface area contributed by atoms with Gasteiger partial charge in [-0.3, -0.25) is 4.98 Å². The highest BCUT2D eigenvalue weighted by Crippen LogP contribution is 2.24. The van der Waals surface area contributed by atoms with Gasteiger partial charge in [-0.1, -0.05) is 5.16 Å². The van der Waals surface area contributed by atoms with E-state index in [1.54, 1.807) is 18.0 Å². The molecule has 1 atom stereocenters. The van der Waals surface area contributed by atoms with Crippen LogP contribution in [0.2, 0.25) is 0 Å². The maximum absolute atomic E-state index is 5.97. The summed E-state index contributed by atoms with van der Waals surface area (Å²) in [6, 6.07) is 3.49. The van der Waals surface area contributed by atoms with Gasteiger partial charge in [0.25, 0.3) is 0 Å². The predicted molar refractivity (Wildman–Crippen MR) is 75.2 cm³/mol. The number of pyridine rings is 1. The molecule has 96 valence electrons. The Morgan fingerprint density at radius 2 is 2.39 bits per heavy atom. The Bertz CT molecular complexity index is 519. The van der Waals surface area contributed by atoms with Crippen LogP contribution in [-0.4, -0.2) is 27.1 Å². The fourth-order valence-corrected chi connectivity index (χ4v) is 2.32. The summed E-state index contributed by atoms with van der Waals surface area (Å²) in [6.07, 6.45) is 4.53. The summed E-state index contributed by atoms with van der Waals surface area (Å²) in [6.45, 7) is 0. The third kappa shape index (κ3) is 3.09. The van der Waals surface area contributed by atoms with Crippen molar-refractivity contribution in [3.63, 3.8) is 0 Å². The Morgan fingerprint density at radius 1 is 1.56 bits per heavy atom. The van der Waals surface area contributed by atoms with Crippen LogP contribution in [0, 0.1) is 0 Å². The van der Waals surface area contributed by atoms with Crippen LogP contribution in [0.25, 0.3) is 11.5 Å². The highest BCUT2D eigenvalue weighted by Gasteiger charge is 2.17. The number of halogens is 1. The number of hydrogen-bond donors (Lipinski definition) is 1. The van der Waals surface area contributed by atoms with Gasteiger partial charge in [0.15, 0.2) is 0 Å². The number of nitrogens with zero attached hydrogens (tertiary/aromatic N) is 3. The molecule has 0 aliphatic rings. The Kier molecular flexibility index (Phi) is 4.73. The van der Waals surface area contributed by atoms with Crippen LogP contribution in [0.3, 0.4) is 0 Å². The molecule has 0 unspecified atom stereocenters. The smallest absolute Gasteiger partial charge is 0.243 e. The van der Waals surface area contributed by atoms with E-state index in [4.69, 9.17) is 10.3 Å². The van der Waals surface area contributed by atoms with Gasteiger partial charge in [-0.25, -0.2) is 0 Å². The average molecular weight is 329 g/mol. The molecule has 0 bridgehead atoms. The molecule has 2 rings (SSSR count). The molecule has 5 nitrogen and oxygen atoms in total. The molecule has 18 heavy (non-hydrogen) atoms. The van der Waals surface area contributed by atoms with Crippen molar-refractivity contribution in [2.45, 2.75) is 12.5 Å². The second-order valence-corrected chi connectivity index (χ2v) is 5.52. The summed E-state index contributed by atoms with van der Waals surface area (Å²) in [5, 5.41) is 3.91. The third-order valence-corrected chi connectivity index (χ3v) is 3.65. The fraction of sp³-hybridized carbons (Fsp3) is 0.364. The van der Waals surface area contributed by atoms with Crippen LogP contribution < -0.4 is 5.73 Å². The largest absolute Gasteiger partial charge is 0.337 e. The van der Waals surface area contributed by atoms with Crippen molar-refractivity contribution in [2.24, 2.45) is 5.73 Å². The molecule has 2 heterocycles. The van der Waals surface area contributed by atoms with Crippen LogP contribution in [-0.2, 0) is 0 Å². The van der Waals surface area contributed by atoms with E-state index in [0.29, 0.717) is 17.4 Å². The van der Waals surface area contributed by atoms with Gasteiger partial charge in [-0.05, 0) is 46.5 Å². The van der Waals surface area contributed by atoms with E-state index in [2.05, 4.69) is 31.1 Å². The first-order chi connectivity index (χ1) is 8.72. The number of nitrogens with two attached hydrogens (primary N) is 1. The Morgan fingerprint density at radius 3 is 3.11 bits per heavy atom. The molecular formula is C11H13BrN4OS. The van der Waals surface area contributed by atoms with E-state index in [0.717, 1.165) is 16.6 Å². The molecule has 0 radical (unpaired) electrons. The summed E-state index contributed by atoms with van der Waals surface area (Å²) in [4.78, 5) is 8.50. The van der Waals surface area contributed by atoms with E-state index in [-0.39, 0.29) is 6.04 Å². The van der Waals surface area contributed by atoms with E-state index < -0.39 is 0 Å². The first-order valence-corrected chi connectivity index (χ1v) is 7.60. The minimum atomic E-state index is -0.221. The van der Waals surface area contributed by atoms with Gasteiger partial charge in [-0.15, -0.1) is 0 Å². The number of thioether (sulfide) groups is 1. The zero-order valence-corrected chi connectivity index (χ0v) is 12.2. The van der Waals surface area contributed by atoms with Crippen molar-refractivity contribution in [1.29, 1.82) is 0 Å². The van der Waals surface area contributed by atoms with Crippen molar-refractivity contribution in [2.75, 3.05) is 12.0 Å². The lowest BCUT2D eigenvalue weighted by Crippen LogP contribution is -2.11. The maximum atomic E-state index is 5.97. The number of hydrogen-bond acceptors (Lipinski definition) is 6. The highest BCUT2D eigenvalue weighted by atomic mass is 79.9. The number of rotatable bonds is 5. The van der Waals surface area contributed by atoms with E-state index in [1.165, 1.54) is 0 Å². The van der Waals surface area contributed by atoms with Gasteiger partial charge >= 0.3 is 0 Å². The predicted octanol–water partition coefficient (Wildman–Crippen LogP) is 2.65. The second-order valence-electron chi connectivity index (χ2n) is 3.68. The van der Waals surface area contributed by atoms with Crippen LogP contribution >= 0.6 is 27.7 Å². The zero-order valence-electron chi connectivity index (χ0n) is 9.84. The van der Waals surface area contributed by atoms with Crippen molar-refractivity contribution in [3.8, 4) is 11.5 Å². The van der Waals surface area contributed by atoms with Gasteiger partial charge in [0.05, 0.1) is 6.04 Å². The summed E-state index contributed by atoms with van der Waals surface area (Å²) in [7, 11) is 0. The second kappa shape index (κ2) is 6.31. The van der Waals surface area contributed by atoms with Gasteiger partial charge in [0.2, 0.25) is 11.7 Å². The van der Waals surface area contributed by atoms with Crippen LogP contribution in [0.5, 0.6) is 0 Å². The number of aromatic nitrogens is 3. The monoisotopic (exact) mass is 328 g/mol. The van der Waals surface area contributed by atoms with Crippen molar-refractivity contribution < 1.29 is 4.52 Å². The first-order valence-electron chi connectivity index (χ1n) is 5.41. The van der Waals surface area contributed by atoms with Crippen molar-refractivity contribution in [1.82, 2.24) is 15.1 Å². The summed E-state index contributed by atoms with van der Waals surface area (Å²) >= 11 is 5.14. The average Bonchev–Trinajstić information content (AvgIpc) is 2.86. The maximum Gasteiger partial charge on any atom is 0.243 e. The lowest BCUT2D eigenvalue weighted by molar-refractivity contribution is 0.353. The molecule has 2 N–H and O–H groups in total. The fourth-order valence-electron chi connectivity index (χ4n) is 1.40. The lowest BCUT2D eigenvalue weighted by atomic mass is 10.2. The molecule has 7 heteroatoms. The summed E-state index contributed by atoms with van der Waals surface area (Å²) in [5.74, 6) is 1.88. The van der Waals surface area contributed by atoms with E-state index in [9.17, 15) is 0 Å². The van der Waals surface area contributed by atoms with Crippen LogP contribution in [0.4, 0.5) is 0 Å². The zero-order chi connectivity index (χ0) is 13.0.